The molecule has 0 radical (unpaired) electrons. The number of carbonyl (C=O) groups excluding carboxylic acids is 1. The van der Waals surface area contributed by atoms with E-state index in [-0.39, 0.29) is 28.6 Å². The van der Waals surface area contributed by atoms with Crippen LogP contribution in [0.25, 0.3) is 11.0 Å². The maximum atomic E-state index is 12.2. The number of rotatable bonds is 1. The Morgan fingerprint density at radius 1 is 1.09 bits per heavy atom. The maximum Gasteiger partial charge on any atom is 0.347 e. The molecule has 6 heteroatoms. The molecule has 1 aliphatic heterocycles. The van der Waals surface area contributed by atoms with E-state index in [9.17, 15) is 14.7 Å². The molecular weight excluding hydrogens is 296 g/mol. The van der Waals surface area contributed by atoms with Crippen molar-refractivity contribution in [3.63, 3.8) is 0 Å². The first kappa shape index (κ1) is 13.4. The molecule has 0 bridgehead atoms. The first-order valence-electron chi connectivity index (χ1n) is 6.95. The third-order valence-corrected chi connectivity index (χ3v) is 3.68. The van der Waals surface area contributed by atoms with Crippen LogP contribution in [0.3, 0.4) is 0 Å². The Morgan fingerprint density at radius 2 is 1.96 bits per heavy atom. The molecule has 0 spiro atoms. The molecule has 1 aromatic carbocycles. The molecule has 23 heavy (non-hydrogen) atoms. The summed E-state index contributed by atoms with van der Waals surface area (Å²) in [5.41, 5.74) is 0.262. The van der Waals surface area contributed by atoms with E-state index in [2.05, 4.69) is 9.98 Å². The second-order valence-corrected chi connectivity index (χ2v) is 5.20. The fraction of sp³-hybridized carbons (Fsp3) is 0.0588. The molecular formula is C17H10N2O4. The summed E-state index contributed by atoms with van der Waals surface area (Å²) in [5, 5.41) is 10.0. The molecule has 1 aromatic heterocycles. The van der Waals surface area contributed by atoms with Gasteiger partial charge in [0.1, 0.15) is 22.8 Å². The number of aromatic hydroxyl groups is 1. The van der Waals surface area contributed by atoms with Crippen LogP contribution in [-0.4, -0.2) is 22.6 Å². The van der Waals surface area contributed by atoms with Crippen molar-refractivity contribution in [2.75, 3.05) is 0 Å². The van der Waals surface area contributed by atoms with Gasteiger partial charge in [0.15, 0.2) is 5.84 Å². The van der Waals surface area contributed by atoms with Gasteiger partial charge >= 0.3 is 5.63 Å². The zero-order valence-corrected chi connectivity index (χ0v) is 11.8. The first-order valence-corrected chi connectivity index (χ1v) is 6.95. The summed E-state index contributed by atoms with van der Waals surface area (Å²) < 4.78 is 5.19. The minimum absolute atomic E-state index is 0.000740. The second kappa shape index (κ2) is 4.88. The van der Waals surface area contributed by atoms with E-state index in [1.165, 1.54) is 12.1 Å². The van der Waals surface area contributed by atoms with E-state index in [1.54, 1.807) is 36.4 Å². The van der Waals surface area contributed by atoms with Crippen molar-refractivity contribution >= 4 is 28.4 Å². The molecule has 2 aliphatic rings. The molecule has 4 rings (SSSR count). The standard InChI is InChI=1S/C17H10N2O4/c20-10-6-5-9-7-12(17(22)23-14(9)8-10)15-18-13-4-2-1-3-11(13)16(21)19-15/h1-8,11,20H. The molecule has 1 atom stereocenters. The number of phenols is 1. The fourth-order valence-corrected chi connectivity index (χ4v) is 2.54. The van der Waals surface area contributed by atoms with E-state index < -0.39 is 11.5 Å². The van der Waals surface area contributed by atoms with E-state index in [0.717, 1.165) is 0 Å². The van der Waals surface area contributed by atoms with Gasteiger partial charge in [-0.15, -0.1) is 0 Å². The summed E-state index contributed by atoms with van der Waals surface area (Å²) in [6, 6.07) is 6.00. The van der Waals surface area contributed by atoms with Crippen molar-refractivity contribution in [2.45, 2.75) is 0 Å². The number of fused-ring (bicyclic) bond motifs is 2. The number of aliphatic imine (C=N–C) groups is 2. The number of amidine groups is 1. The Labute approximate surface area is 129 Å². The smallest absolute Gasteiger partial charge is 0.347 e. The summed E-state index contributed by atoms with van der Waals surface area (Å²) in [7, 11) is 0. The van der Waals surface area contributed by atoms with Crippen LogP contribution in [0, 0.1) is 5.92 Å². The number of amides is 1. The van der Waals surface area contributed by atoms with E-state index >= 15 is 0 Å². The van der Waals surface area contributed by atoms with Crippen LogP contribution in [0.15, 0.2) is 67.8 Å². The largest absolute Gasteiger partial charge is 0.508 e. The topological polar surface area (TPSA) is 92.2 Å². The van der Waals surface area contributed by atoms with Gasteiger partial charge in [-0.2, -0.15) is 4.99 Å². The maximum absolute atomic E-state index is 12.2. The highest BCUT2D eigenvalue weighted by Crippen LogP contribution is 2.22. The molecule has 2 heterocycles. The van der Waals surface area contributed by atoms with Crippen molar-refractivity contribution in [3.05, 3.63) is 64.6 Å². The van der Waals surface area contributed by atoms with Crippen LogP contribution in [-0.2, 0) is 4.79 Å². The Morgan fingerprint density at radius 3 is 2.83 bits per heavy atom. The van der Waals surface area contributed by atoms with Gasteiger partial charge in [-0.1, -0.05) is 18.2 Å². The number of nitrogens with zero attached hydrogens (tertiary/aromatic N) is 2. The zero-order chi connectivity index (χ0) is 16.0. The van der Waals surface area contributed by atoms with Gasteiger partial charge in [-0.3, -0.25) is 4.79 Å². The average Bonchev–Trinajstić information content (AvgIpc) is 2.54. The van der Waals surface area contributed by atoms with Crippen molar-refractivity contribution < 1.29 is 14.3 Å². The highest BCUT2D eigenvalue weighted by molar-refractivity contribution is 6.24. The van der Waals surface area contributed by atoms with Crippen molar-refractivity contribution in [2.24, 2.45) is 15.9 Å². The fourth-order valence-electron chi connectivity index (χ4n) is 2.54. The lowest BCUT2D eigenvalue weighted by atomic mass is 9.96. The third-order valence-electron chi connectivity index (χ3n) is 3.68. The first-order chi connectivity index (χ1) is 11.1. The van der Waals surface area contributed by atoms with Crippen molar-refractivity contribution in [1.82, 2.24) is 0 Å². The molecule has 2 aromatic rings. The SMILES string of the molecule is O=C1N=C(c2cc3ccc(O)cc3oc2=O)N=C2C=CC=CC12. The van der Waals surface area contributed by atoms with Crippen molar-refractivity contribution in [3.8, 4) is 5.75 Å². The molecule has 6 nitrogen and oxygen atoms in total. The van der Waals surface area contributed by atoms with Crippen LogP contribution in [0.5, 0.6) is 5.75 Å². The van der Waals surface area contributed by atoms with Gasteiger partial charge in [0.05, 0.1) is 5.71 Å². The van der Waals surface area contributed by atoms with Crippen LogP contribution in [0.2, 0.25) is 0 Å². The van der Waals surface area contributed by atoms with Gasteiger partial charge in [0.25, 0.3) is 5.91 Å². The molecule has 0 saturated heterocycles. The Hall–Kier alpha value is -3.28. The predicted molar refractivity (Wildman–Crippen MR) is 84.9 cm³/mol. The van der Waals surface area contributed by atoms with E-state index in [1.807, 2.05) is 0 Å². The van der Waals surface area contributed by atoms with Crippen LogP contribution in [0.1, 0.15) is 5.56 Å². The average molecular weight is 306 g/mol. The Balaban J connectivity index is 1.88. The van der Waals surface area contributed by atoms with Gasteiger partial charge < -0.3 is 9.52 Å². The Kier molecular flexibility index (Phi) is 2.84. The lowest BCUT2D eigenvalue weighted by Crippen LogP contribution is -2.29. The normalized spacial score (nSPS) is 19.5. The molecule has 0 saturated carbocycles. The molecule has 1 N–H and O–H groups in total. The highest BCUT2D eigenvalue weighted by atomic mass is 16.4. The number of benzene rings is 1. The predicted octanol–water partition coefficient (Wildman–Crippen LogP) is 1.97. The van der Waals surface area contributed by atoms with Crippen LogP contribution in [0.4, 0.5) is 0 Å². The Bertz CT molecular complexity index is 1020. The summed E-state index contributed by atoms with van der Waals surface area (Å²) in [4.78, 5) is 32.5. The minimum Gasteiger partial charge on any atom is -0.508 e. The molecule has 1 unspecified atom stereocenters. The number of hydrogen-bond donors (Lipinski definition) is 1. The van der Waals surface area contributed by atoms with Crippen LogP contribution >= 0.6 is 0 Å². The lowest BCUT2D eigenvalue weighted by molar-refractivity contribution is -0.118. The van der Waals surface area contributed by atoms with Gasteiger partial charge in [0.2, 0.25) is 0 Å². The molecule has 1 aliphatic carbocycles. The number of carbonyl (C=O) groups is 1. The van der Waals surface area contributed by atoms with E-state index in [4.69, 9.17) is 4.42 Å². The van der Waals surface area contributed by atoms with Gasteiger partial charge in [-0.05, 0) is 24.3 Å². The second-order valence-electron chi connectivity index (χ2n) is 5.20. The van der Waals surface area contributed by atoms with Gasteiger partial charge in [-0.25, -0.2) is 9.79 Å². The zero-order valence-electron chi connectivity index (χ0n) is 11.8. The van der Waals surface area contributed by atoms with Crippen LogP contribution < -0.4 is 5.63 Å². The molecule has 1 amide bonds. The number of allylic oxidation sites excluding steroid dienone is 3. The number of hydrogen-bond acceptors (Lipinski definition) is 5. The quantitative estimate of drug-likeness (QED) is 0.815. The summed E-state index contributed by atoms with van der Waals surface area (Å²) in [6.45, 7) is 0. The third kappa shape index (κ3) is 2.20. The number of phenolic OH excluding ortho intramolecular Hbond substituents is 1. The van der Waals surface area contributed by atoms with Crippen molar-refractivity contribution in [1.29, 1.82) is 0 Å². The van der Waals surface area contributed by atoms with Gasteiger partial charge in [0, 0.05) is 11.5 Å². The summed E-state index contributed by atoms with van der Waals surface area (Å²) in [5.74, 6) is -0.810. The molecule has 112 valence electrons. The highest BCUT2D eigenvalue weighted by Gasteiger charge is 2.27. The summed E-state index contributed by atoms with van der Waals surface area (Å²) in [6.07, 6.45) is 6.97. The van der Waals surface area contributed by atoms with E-state index in [0.29, 0.717) is 11.1 Å². The summed E-state index contributed by atoms with van der Waals surface area (Å²) >= 11 is 0. The lowest BCUT2D eigenvalue weighted by Gasteiger charge is -2.17. The minimum atomic E-state index is -0.659. The molecule has 0 fully saturated rings. The monoisotopic (exact) mass is 306 g/mol.